The van der Waals surface area contributed by atoms with Crippen LogP contribution in [0.15, 0.2) is 6.07 Å². The van der Waals surface area contributed by atoms with Gasteiger partial charge in [-0.2, -0.15) is 0 Å². The molecule has 92 valence electrons. The summed E-state index contributed by atoms with van der Waals surface area (Å²) >= 11 is 5.96. The average molecular weight is 254 g/mol. The summed E-state index contributed by atoms with van der Waals surface area (Å²) in [5, 5.41) is 0.500. The van der Waals surface area contributed by atoms with Gasteiger partial charge in [0.05, 0.1) is 6.61 Å². The Balaban J connectivity index is 1.80. The van der Waals surface area contributed by atoms with E-state index >= 15 is 0 Å². The fourth-order valence-corrected chi connectivity index (χ4v) is 2.91. The molecule has 2 aliphatic rings. The topological polar surface area (TPSA) is 38.2 Å². The Kier molecular flexibility index (Phi) is 3.03. The van der Waals surface area contributed by atoms with Crippen molar-refractivity contribution in [1.29, 1.82) is 0 Å². The van der Waals surface area contributed by atoms with E-state index in [0.717, 1.165) is 24.7 Å². The highest BCUT2D eigenvalue weighted by molar-refractivity contribution is 6.29. The van der Waals surface area contributed by atoms with E-state index < -0.39 is 0 Å². The molecule has 1 aromatic heterocycles. The smallest absolute Gasteiger partial charge is 0.160 e. The lowest BCUT2D eigenvalue weighted by Crippen LogP contribution is -2.42. The molecule has 3 heterocycles. The second kappa shape index (κ2) is 4.52. The summed E-state index contributed by atoms with van der Waals surface area (Å²) in [4.78, 5) is 11.2. The summed E-state index contributed by atoms with van der Waals surface area (Å²) in [6.45, 7) is 4.78. The first kappa shape index (κ1) is 11.4. The van der Waals surface area contributed by atoms with E-state index in [1.807, 2.05) is 6.92 Å². The molecular weight excluding hydrogens is 238 g/mol. The number of aromatic nitrogens is 2. The van der Waals surface area contributed by atoms with E-state index in [9.17, 15) is 0 Å². The van der Waals surface area contributed by atoms with Gasteiger partial charge in [0.15, 0.2) is 5.82 Å². The van der Waals surface area contributed by atoms with Gasteiger partial charge in [0.2, 0.25) is 0 Å². The van der Waals surface area contributed by atoms with Crippen molar-refractivity contribution in [3.8, 4) is 0 Å². The van der Waals surface area contributed by atoms with Crippen molar-refractivity contribution in [3.63, 3.8) is 0 Å². The van der Waals surface area contributed by atoms with Crippen LogP contribution in [0.2, 0.25) is 5.15 Å². The van der Waals surface area contributed by atoms with Crippen molar-refractivity contribution in [2.24, 2.45) is 0 Å². The Hall–Kier alpha value is -0.710. The second-order valence-electron chi connectivity index (χ2n) is 4.80. The van der Waals surface area contributed by atoms with Crippen molar-refractivity contribution in [2.75, 3.05) is 19.7 Å². The number of nitrogens with zero attached hydrogens (tertiary/aromatic N) is 3. The van der Waals surface area contributed by atoms with Crippen LogP contribution in [0.3, 0.4) is 0 Å². The molecule has 2 unspecified atom stereocenters. The molecule has 0 aliphatic carbocycles. The summed E-state index contributed by atoms with van der Waals surface area (Å²) in [5.74, 6) is 0.723. The van der Waals surface area contributed by atoms with Gasteiger partial charge in [-0.1, -0.05) is 11.6 Å². The van der Waals surface area contributed by atoms with Gasteiger partial charge in [0, 0.05) is 18.3 Å². The summed E-state index contributed by atoms with van der Waals surface area (Å²) in [5.41, 5.74) is 0.896. The third-order valence-electron chi connectivity index (χ3n) is 3.52. The summed E-state index contributed by atoms with van der Waals surface area (Å²) in [6, 6.07) is 2.37. The highest BCUT2D eigenvalue weighted by atomic mass is 35.5. The normalized spacial score (nSPS) is 29.3. The lowest BCUT2D eigenvalue weighted by molar-refractivity contribution is -0.0541. The number of hydrogen-bond donors (Lipinski definition) is 0. The first-order chi connectivity index (χ1) is 8.22. The second-order valence-corrected chi connectivity index (χ2v) is 5.19. The third-order valence-corrected chi connectivity index (χ3v) is 3.71. The maximum absolute atomic E-state index is 5.96. The largest absolute Gasteiger partial charge is 0.367 e. The van der Waals surface area contributed by atoms with Crippen molar-refractivity contribution < 1.29 is 4.74 Å². The minimum Gasteiger partial charge on any atom is -0.367 e. The quantitative estimate of drug-likeness (QED) is 0.718. The number of fused-ring (bicyclic) bond motifs is 1. The lowest BCUT2D eigenvalue weighted by atomic mass is 10.2. The zero-order chi connectivity index (χ0) is 11.8. The fraction of sp³-hybridized carbons (Fsp3) is 0.667. The standard InChI is InChI=1S/C12H16ClN3O/c1-8-5-11(13)15-12(14-8)10-6-16-4-2-3-9(16)7-17-10/h5,9-10H,2-4,6-7H2,1H3. The molecular formula is C12H16ClN3O. The number of morpholine rings is 1. The molecule has 17 heavy (non-hydrogen) atoms. The zero-order valence-electron chi connectivity index (χ0n) is 9.90. The maximum atomic E-state index is 5.96. The van der Waals surface area contributed by atoms with Crippen LogP contribution in [0.5, 0.6) is 0 Å². The predicted molar refractivity (Wildman–Crippen MR) is 65.1 cm³/mol. The molecule has 2 aliphatic heterocycles. The molecule has 2 fully saturated rings. The van der Waals surface area contributed by atoms with Crippen LogP contribution >= 0.6 is 11.6 Å². The van der Waals surface area contributed by atoms with Gasteiger partial charge in [0.1, 0.15) is 11.3 Å². The van der Waals surface area contributed by atoms with Gasteiger partial charge in [0.25, 0.3) is 0 Å². The number of rotatable bonds is 1. The van der Waals surface area contributed by atoms with E-state index in [0.29, 0.717) is 11.2 Å². The number of halogens is 1. The van der Waals surface area contributed by atoms with E-state index in [1.54, 1.807) is 6.07 Å². The molecule has 3 rings (SSSR count). The molecule has 2 saturated heterocycles. The van der Waals surface area contributed by atoms with Crippen molar-refractivity contribution in [2.45, 2.75) is 31.9 Å². The maximum Gasteiger partial charge on any atom is 0.160 e. The molecule has 0 spiro atoms. The monoisotopic (exact) mass is 253 g/mol. The Labute approximate surface area is 106 Å². The van der Waals surface area contributed by atoms with Gasteiger partial charge < -0.3 is 4.74 Å². The first-order valence-electron chi connectivity index (χ1n) is 6.09. The number of ether oxygens (including phenoxy) is 1. The third kappa shape index (κ3) is 2.30. The van der Waals surface area contributed by atoms with E-state index in [4.69, 9.17) is 16.3 Å². The molecule has 0 aromatic carbocycles. The van der Waals surface area contributed by atoms with E-state index in [2.05, 4.69) is 14.9 Å². The molecule has 1 aromatic rings. The number of hydrogen-bond acceptors (Lipinski definition) is 4. The zero-order valence-corrected chi connectivity index (χ0v) is 10.7. The number of aryl methyl sites for hydroxylation is 1. The summed E-state index contributed by atoms with van der Waals surface area (Å²) < 4.78 is 5.86. The van der Waals surface area contributed by atoms with Crippen molar-refractivity contribution >= 4 is 11.6 Å². The van der Waals surface area contributed by atoms with Crippen LogP contribution in [-0.4, -0.2) is 40.6 Å². The van der Waals surface area contributed by atoms with Gasteiger partial charge in [-0.15, -0.1) is 0 Å². The lowest BCUT2D eigenvalue weighted by Gasteiger charge is -2.34. The highest BCUT2D eigenvalue weighted by Crippen LogP contribution is 2.29. The van der Waals surface area contributed by atoms with E-state index in [1.165, 1.54) is 19.4 Å². The van der Waals surface area contributed by atoms with Gasteiger partial charge >= 0.3 is 0 Å². The highest BCUT2D eigenvalue weighted by Gasteiger charge is 2.34. The van der Waals surface area contributed by atoms with Crippen LogP contribution in [0.25, 0.3) is 0 Å². The van der Waals surface area contributed by atoms with Crippen LogP contribution in [-0.2, 0) is 4.74 Å². The fourth-order valence-electron chi connectivity index (χ4n) is 2.67. The molecule has 4 nitrogen and oxygen atoms in total. The molecule has 5 heteroatoms. The van der Waals surface area contributed by atoms with Gasteiger partial charge in [-0.3, -0.25) is 4.90 Å². The first-order valence-corrected chi connectivity index (χ1v) is 6.47. The molecule has 0 amide bonds. The SMILES string of the molecule is Cc1cc(Cl)nc(C2CN3CCCC3CO2)n1. The van der Waals surface area contributed by atoms with Crippen LogP contribution in [0.4, 0.5) is 0 Å². The minimum absolute atomic E-state index is 0.0262. The molecule has 0 bridgehead atoms. The summed E-state index contributed by atoms with van der Waals surface area (Å²) in [7, 11) is 0. The van der Waals surface area contributed by atoms with Crippen LogP contribution < -0.4 is 0 Å². The van der Waals surface area contributed by atoms with Crippen molar-refractivity contribution in [3.05, 3.63) is 22.7 Å². The molecule has 0 N–H and O–H groups in total. The minimum atomic E-state index is -0.0262. The average Bonchev–Trinajstić information content (AvgIpc) is 2.74. The summed E-state index contributed by atoms with van der Waals surface area (Å²) in [6.07, 6.45) is 2.50. The van der Waals surface area contributed by atoms with Crippen LogP contribution in [0, 0.1) is 6.92 Å². The van der Waals surface area contributed by atoms with Gasteiger partial charge in [-0.25, -0.2) is 9.97 Å². The Morgan fingerprint density at radius 1 is 1.47 bits per heavy atom. The molecule has 0 radical (unpaired) electrons. The van der Waals surface area contributed by atoms with Gasteiger partial charge in [-0.05, 0) is 32.4 Å². The van der Waals surface area contributed by atoms with E-state index in [-0.39, 0.29) is 6.10 Å². The van der Waals surface area contributed by atoms with Crippen LogP contribution in [0.1, 0.15) is 30.5 Å². The Morgan fingerprint density at radius 3 is 3.18 bits per heavy atom. The Bertz CT molecular complexity index is 406. The molecule has 2 atom stereocenters. The predicted octanol–water partition coefficient (Wildman–Crippen LogP) is 1.97. The van der Waals surface area contributed by atoms with Crippen molar-refractivity contribution in [1.82, 2.24) is 14.9 Å². The molecule has 0 saturated carbocycles. The Morgan fingerprint density at radius 2 is 2.35 bits per heavy atom.